The van der Waals surface area contributed by atoms with Crippen LogP contribution in [0.3, 0.4) is 0 Å². The van der Waals surface area contributed by atoms with Crippen molar-refractivity contribution in [1.82, 2.24) is 5.32 Å². The Hall–Kier alpha value is -1.86. The number of rotatable bonds is 5. The van der Waals surface area contributed by atoms with Crippen molar-refractivity contribution in [2.45, 2.75) is 32.2 Å². The van der Waals surface area contributed by atoms with Crippen LogP contribution in [0.15, 0.2) is 18.2 Å². The molecule has 0 saturated heterocycles. The second-order valence-electron chi connectivity index (χ2n) is 4.85. The first-order valence-corrected chi connectivity index (χ1v) is 6.68. The maximum absolute atomic E-state index is 11.6. The van der Waals surface area contributed by atoms with Crippen LogP contribution in [0, 0.1) is 11.3 Å². The average molecular weight is 257 g/mol. The molecule has 0 fully saturated rings. The Morgan fingerprint density at radius 3 is 3.05 bits per heavy atom. The standard InChI is InChI=1S/C15H19N3O/c1-18-14-6-4-12(11-17-9-3-2-8-16)10-13(14)5-7-15(18)19/h4,6,10,17H,2-3,5,7,9,11H2,1H3. The quantitative estimate of drug-likeness (QED) is 0.821. The minimum Gasteiger partial charge on any atom is -0.315 e. The second kappa shape index (κ2) is 6.35. The number of nitriles is 1. The molecule has 0 atom stereocenters. The van der Waals surface area contributed by atoms with Gasteiger partial charge in [0.1, 0.15) is 0 Å². The van der Waals surface area contributed by atoms with E-state index in [4.69, 9.17) is 5.26 Å². The molecule has 4 nitrogen and oxygen atoms in total. The van der Waals surface area contributed by atoms with Gasteiger partial charge in [0.25, 0.3) is 0 Å². The van der Waals surface area contributed by atoms with Crippen LogP contribution in [0.25, 0.3) is 0 Å². The molecule has 0 bridgehead atoms. The summed E-state index contributed by atoms with van der Waals surface area (Å²) in [6, 6.07) is 8.40. The van der Waals surface area contributed by atoms with Crippen molar-refractivity contribution < 1.29 is 4.79 Å². The van der Waals surface area contributed by atoms with Crippen molar-refractivity contribution in [3.8, 4) is 6.07 Å². The van der Waals surface area contributed by atoms with E-state index in [1.165, 1.54) is 11.1 Å². The number of carbonyl (C=O) groups is 1. The van der Waals surface area contributed by atoms with Gasteiger partial charge in [-0.05, 0) is 36.6 Å². The lowest BCUT2D eigenvalue weighted by Crippen LogP contribution is -2.31. The second-order valence-corrected chi connectivity index (χ2v) is 4.85. The van der Waals surface area contributed by atoms with E-state index in [1.807, 2.05) is 13.1 Å². The average Bonchev–Trinajstić information content (AvgIpc) is 2.43. The number of aryl methyl sites for hydroxylation is 1. The molecule has 1 amide bonds. The van der Waals surface area contributed by atoms with Gasteiger partial charge in [0.15, 0.2) is 0 Å². The molecular formula is C15H19N3O. The first kappa shape index (κ1) is 13.6. The van der Waals surface area contributed by atoms with Crippen molar-refractivity contribution in [2.24, 2.45) is 0 Å². The van der Waals surface area contributed by atoms with Gasteiger partial charge in [0.05, 0.1) is 6.07 Å². The molecule has 0 saturated carbocycles. The molecule has 100 valence electrons. The van der Waals surface area contributed by atoms with Crippen molar-refractivity contribution >= 4 is 11.6 Å². The lowest BCUT2D eigenvalue weighted by atomic mass is 9.99. The minimum atomic E-state index is 0.190. The Labute approximate surface area is 114 Å². The largest absolute Gasteiger partial charge is 0.315 e. The first-order chi connectivity index (χ1) is 9.22. The lowest BCUT2D eigenvalue weighted by Gasteiger charge is -2.26. The van der Waals surface area contributed by atoms with E-state index < -0.39 is 0 Å². The van der Waals surface area contributed by atoms with Gasteiger partial charge in [-0.25, -0.2) is 0 Å². The third-order valence-electron chi connectivity index (χ3n) is 3.46. The first-order valence-electron chi connectivity index (χ1n) is 6.68. The van der Waals surface area contributed by atoms with Crippen LogP contribution in [0.5, 0.6) is 0 Å². The van der Waals surface area contributed by atoms with Gasteiger partial charge in [-0.1, -0.05) is 12.1 Å². The highest BCUT2D eigenvalue weighted by Crippen LogP contribution is 2.27. The highest BCUT2D eigenvalue weighted by atomic mass is 16.2. The summed E-state index contributed by atoms with van der Waals surface area (Å²) < 4.78 is 0. The number of fused-ring (bicyclic) bond motifs is 1. The number of nitrogens with one attached hydrogen (secondary N) is 1. The predicted octanol–water partition coefficient (Wildman–Crippen LogP) is 1.99. The third-order valence-corrected chi connectivity index (χ3v) is 3.46. The Kier molecular flexibility index (Phi) is 4.53. The zero-order chi connectivity index (χ0) is 13.7. The third kappa shape index (κ3) is 3.33. The van der Waals surface area contributed by atoms with Gasteiger partial charge in [-0.15, -0.1) is 0 Å². The van der Waals surface area contributed by atoms with Crippen LogP contribution in [0.2, 0.25) is 0 Å². The number of carbonyl (C=O) groups excluding carboxylic acids is 1. The number of nitrogens with zero attached hydrogens (tertiary/aromatic N) is 2. The Morgan fingerprint density at radius 2 is 2.26 bits per heavy atom. The fourth-order valence-corrected chi connectivity index (χ4v) is 2.35. The summed E-state index contributed by atoms with van der Waals surface area (Å²) in [7, 11) is 1.83. The van der Waals surface area contributed by atoms with Gasteiger partial charge >= 0.3 is 0 Å². The smallest absolute Gasteiger partial charge is 0.227 e. The summed E-state index contributed by atoms with van der Waals surface area (Å²) in [6.45, 7) is 1.68. The summed E-state index contributed by atoms with van der Waals surface area (Å²) in [6.07, 6.45) is 2.92. The van der Waals surface area contributed by atoms with E-state index in [0.717, 1.165) is 31.6 Å². The zero-order valence-corrected chi connectivity index (χ0v) is 11.3. The molecule has 1 aromatic rings. The number of hydrogen-bond donors (Lipinski definition) is 1. The highest BCUT2D eigenvalue weighted by molar-refractivity contribution is 5.95. The fourth-order valence-electron chi connectivity index (χ4n) is 2.35. The molecule has 0 radical (unpaired) electrons. The van der Waals surface area contributed by atoms with Gasteiger partial charge < -0.3 is 10.2 Å². The molecule has 0 aliphatic carbocycles. The van der Waals surface area contributed by atoms with E-state index in [0.29, 0.717) is 12.8 Å². The van der Waals surface area contributed by atoms with Crippen LogP contribution in [0.1, 0.15) is 30.4 Å². The Bertz CT molecular complexity index is 505. The van der Waals surface area contributed by atoms with Crippen molar-refractivity contribution in [3.63, 3.8) is 0 Å². The van der Waals surface area contributed by atoms with Crippen LogP contribution in [-0.2, 0) is 17.8 Å². The van der Waals surface area contributed by atoms with Gasteiger partial charge in [0.2, 0.25) is 5.91 Å². The van der Waals surface area contributed by atoms with Crippen molar-refractivity contribution in [3.05, 3.63) is 29.3 Å². The summed E-state index contributed by atoms with van der Waals surface area (Å²) in [5.41, 5.74) is 3.52. The molecule has 0 unspecified atom stereocenters. The summed E-state index contributed by atoms with van der Waals surface area (Å²) in [4.78, 5) is 13.3. The molecular weight excluding hydrogens is 238 g/mol. The lowest BCUT2D eigenvalue weighted by molar-refractivity contribution is -0.118. The van der Waals surface area contributed by atoms with Gasteiger partial charge in [-0.3, -0.25) is 4.79 Å². The van der Waals surface area contributed by atoms with Gasteiger partial charge in [-0.2, -0.15) is 5.26 Å². The van der Waals surface area contributed by atoms with E-state index in [-0.39, 0.29) is 5.91 Å². The zero-order valence-electron chi connectivity index (χ0n) is 11.3. The fraction of sp³-hybridized carbons (Fsp3) is 0.467. The summed E-state index contributed by atoms with van der Waals surface area (Å²) in [5, 5.41) is 11.8. The normalized spacial score (nSPS) is 14.1. The van der Waals surface area contributed by atoms with Crippen molar-refractivity contribution in [1.29, 1.82) is 5.26 Å². The number of anilines is 1. The molecule has 0 aromatic heterocycles. The van der Waals surface area contributed by atoms with Crippen LogP contribution in [-0.4, -0.2) is 19.5 Å². The monoisotopic (exact) mass is 257 g/mol. The Morgan fingerprint density at radius 1 is 1.42 bits per heavy atom. The minimum absolute atomic E-state index is 0.190. The molecule has 1 aliphatic heterocycles. The maximum Gasteiger partial charge on any atom is 0.227 e. The summed E-state index contributed by atoms with van der Waals surface area (Å²) in [5.74, 6) is 0.190. The molecule has 1 heterocycles. The number of amides is 1. The molecule has 2 rings (SSSR count). The van der Waals surface area contributed by atoms with E-state index in [1.54, 1.807) is 4.90 Å². The van der Waals surface area contributed by atoms with Crippen LogP contribution < -0.4 is 10.2 Å². The van der Waals surface area contributed by atoms with Gasteiger partial charge in [0, 0.05) is 32.1 Å². The van der Waals surface area contributed by atoms with Crippen LogP contribution in [0.4, 0.5) is 5.69 Å². The van der Waals surface area contributed by atoms with E-state index in [2.05, 4.69) is 23.5 Å². The van der Waals surface area contributed by atoms with E-state index in [9.17, 15) is 4.79 Å². The van der Waals surface area contributed by atoms with E-state index >= 15 is 0 Å². The molecule has 0 spiro atoms. The molecule has 19 heavy (non-hydrogen) atoms. The number of hydrogen-bond acceptors (Lipinski definition) is 3. The highest BCUT2D eigenvalue weighted by Gasteiger charge is 2.20. The topological polar surface area (TPSA) is 56.1 Å². The number of benzene rings is 1. The summed E-state index contributed by atoms with van der Waals surface area (Å²) >= 11 is 0. The molecule has 4 heteroatoms. The number of unbranched alkanes of at least 4 members (excludes halogenated alkanes) is 1. The van der Waals surface area contributed by atoms with Crippen LogP contribution >= 0.6 is 0 Å². The molecule has 1 aliphatic rings. The Balaban J connectivity index is 1.94. The predicted molar refractivity (Wildman–Crippen MR) is 74.7 cm³/mol. The van der Waals surface area contributed by atoms with Crippen molar-refractivity contribution in [2.75, 3.05) is 18.5 Å². The SMILES string of the molecule is CN1C(=O)CCc2cc(CNCCCC#N)ccc21. The molecule has 1 N–H and O–H groups in total. The maximum atomic E-state index is 11.6. The molecule has 1 aromatic carbocycles.